The summed E-state index contributed by atoms with van der Waals surface area (Å²) in [7, 11) is 0. The highest BCUT2D eigenvalue weighted by atomic mass is 19.1. The Bertz CT molecular complexity index is 407. The summed E-state index contributed by atoms with van der Waals surface area (Å²) in [6.07, 6.45) is 2.56. The Hall–Kier alpha value is -1.09. The number of halogens is 1. The van der Waals surface area contributed by atoms with Gasteiger partial charge in [-0.05, 0) is 38.4 Å². The van der Waals surface area contributed by atoms with Crippen molar-refractivity contribution in [2.75, 3.05) is 24.5 Å². The molecule has 2 fully saturated rings. The molecule has 2 aliphatic rings. The maximum atomic E-state index is 13.8. The summed E-state index contributed by atoms with van der Waals surface area (Å²) in [6, 6.07) is 8.17. The van der Waals surface area contributed by atoms with Gasteiger partial charge in [-0.25, -0.2) is 4.39 Å². The van der Waals surface area contributed by atoms with Gasteiger partial charge in [0.1, 0.15) is 5.82 Å². The molecule has 3 rings (SSSR count). The zero-order valence-corrected chi connectivity index (χ0v) is 10.3. The minimum absolute atomic E-state index is 0.0919. The number of benzene rings is 1. The van der Waals surface area contributed by atoms with E-state index >= 15 is 0 Å². The molecular weight excluding hydrogens is 215 g/mol. The fourth-order valence-corrected chi connectivity index (χ4v) is 3.21. The van der Waals surface area contributed by atoms with Gasteiger partial charge in [-0.2, -0.15) is 0 Å². The molecule has 0 bridgehead atoms. The Kier molecular flexibility index (Phi) is 2.79. The molecule has 2 nitrogen and oxygen atoms in total. The van der Waals surface area contributed by atoms with Crippen LogP contribution in [-0.4, -0.2) is 36.6 Å². The Morgan fingerprint density at radius 2 is 2.06 bits per heavy atom. The number of anilines is 1. The molecule has 0 aromatic heterocycles. The van der Waals surface area contributed by atoms with Gasteiger partial charge in [0.05, 0.1) is 5.69 Å². The molecule has 17 heavy (non-hydrogen) atoms. The highest BCUT2D eigenvalue weighted by Crippen LogP contribution is 2.29. The maximum absolute atomic E-state index is 13.8. The smallest absolute Gasteiger partial charge is 0.146 e. The Morgan fingerprint density at radius 1 is 1.24 bits per heavy atom. The largest absolute Gasteiger partial charge is 0.364 e. The van der Waals surface area contributed by atoms with Crippen molar-refractivity contribution in [2.24, 2.45) is 0 Å². The van der Waals surface area contributed by atoms with Crippen LogP contribution in [0, 0.1) is 5.82 Å². The summed E-state index contributed by atoms with van der Waals surface area (Å²) < 4.78 is 13.8. The number of para-hydroxylation sites is 1. The second-order valence-corrected chi connectivity index (χ2v) is 5.24. The van der Waals surface area contributed by atoms with Gasteiger partial charge in [0.15, 0.2) is 0 Å². The lowest BCUT2D eigenvalue weighted by Crippen LogP contribution is -2.55. The molecule has 0 N–H and O–H groups in total. The van der Waals surface area contributed by atoms with E-state index < -0.39 is 0 Å². The summed E-state index contributed by atoms with van der Waals surface area (Å²) in [4.78, 5) is 4.80. The molecule has 1 aromatic rings. The topological polar surface area (TPSA) is 6.48 Å². The molecular formula is C14H19FN2. The zero-order valence-electron chi connectivity index (χ0n) is 10.3. The SMILES string of the molecule is CC1CN2CCCC2CN1c1ccccc1F. The van der Waals surface area contributed by atoms with Crippen molar-refractivity contribution < 1.29 is 4.39 Å². The molecule has 2 saturated heterocycles. The first kappa shape index (κ1) is 11.0. The van der Waals surface area contributed by atoms with Crippen LogP contribution in [-0.2, 0) is 0 Å². The van der Waals surface area contributed by atoms with E-state index in [9.17, 15) is 4.39 Å². The van der Waals surface area contributed by atoms with Gasteiger partial charge in [-0.1, -0.05) is 12.1 Å². The summed E-state index contributed by atoms with van der Waals surface area (Å²) >= 11 is 0. The molecule has 92 valence electrons. The van der Waals surface area contributed by atoms with Crippen LogP contribution in [0.1, 0.15) is 19.8 Å². The molecule has 2 heterocycles. The van der Waals surface area contributed by atoms with E-state index in [-0.39, 0.29) is 5.82 Å². The van der Waals surface area contributed by atoms with Crippen LogP contribution in [0.15, 0.2) is 24.3 Å². The number of hydrogen-bond donors (Lipinski definition) is 0. The summed E-state index contributed by atoms with van der Waals surface area (Å²) in [5.41, 5.74) is 0.770. The molecule has 2 atom stereocenters. The first-order valence-corrected chi connectivity index (χ1v) is 6.51. The van der Waals surface area contributed by atoms with Crippen LogP contribution in [0.3, 0.4) is 0 Å². The molecule has 0 spiro atoms. The molecule has 0 amide bonds. The number of fused-ring (bicyclic) bond motifs is 1. The summed E-state index contributed by atoms with van der Waals surface area (Å²) in [6.45, 7) is 5.46. The third-order valence-corrected chi connectivity index (χ3v) is 4.10. The van der Waals surface area contributed by atoms with Gasteiger partial charge < -0.3 is 4.90 Å². The quantitative estimate of drug-likeness (QED) is 0.736. The monoisotopic (exact) mass is 234 g/mol. The summed E-state index contributed by atoms with van der Waals surface area (Å²) in [5.74, 6) is -0.0919. The van der Waals surface area contributed by atoms with Crippen LogP contribution < -0.4 is 4.90 Å². The van der Waals surface area contributed by atoms with E-state index in [4.69, 9.17) is 0 Å². The average molecular weight is 234 g/mol. The maximum Gasteiger partial charge on any atom is 0.146 e. The first-order chi connectivity index (χ1) is 8.25. The highest BCUT2D eigenvalue weighted by Gasteiger charge is 2.34. The third kappa shape index (κ3) is 1.93. The first-order valence-electron chi connectivity index (χ1n) is 6.51. The van der Waals surface area contributed by atoms with Crippen LogP contribution in [0.5, 0.6) is 0 Å². The Labute approximate surface area is 102 Å². The van der Waals surface area contributed by atoms with Crippen molar-refractivity contribution in [3.63, 3.8) is 0 Å². The van der Waals surface area contributed by atoms with Gasteiger partial charge in [0, 0.05) is 25.2 Å². The van der Waals surface area contributed by atoms with E-state index in [1.807, 2.05) is 12.1 Å². The third-order valence-electron chi connectivity index (χ3n) is 4.10. The molecule has 2 aliphatic heterocycles. The van der Waals surface area contributed by atoms with Crippen molar-refractivity contribution in [1.29, 1.82) is 0 Å². The van der Waals surface area contributed by atoms with E-state index in [0.717, 1.165) is 18.8 Å². The predicted molar refractivity (Wildman–Crippen MR) is 67.8 cm³/mol. The zero-order chi connectivity index (χ0) is 11.8. The van der Waals surface area contributed by atoms with Crippen LogP contribution in [0.25, 0.3) is 0 Å². The van der Waals surface area contributed by atoms with Crippen molar-refractivity contribution >= 4 is 5.69 Å². The fraction of sp³-hybridized carbons (Fsp3) is 0.571. The number of piperazine rings is 1. The predicted octanol–water partition coefficient (Wildman–Crippen LogP) is 2.50. The average Bonchev–Trinajstić information content (AvgIpc) is 2.76. The van der Waals surface area contributed by atoms with Crippen LogP contribution >= 0.6 is 0 Å². The molecule has 3 heteroatoms. The normalized spacial score (nSPS) is 29.4. The van der Waals surface area contributed by atoms with Crippen molar-refractivity contribution in [2.45, 2.75) is 31.8 Å². The lowest BCUT2D eigenvalue weighted by atomic mass is 10.1. The molecule has 0 saturated carbocycles. The number of rotatable bonds is 1. The van der Waals surface area contributed by atoms with Gasteiger partial charge in [-0.15, -0.1) is 0 Å². The molecule has 1 aromatic carbocycles. The van der Waals surface area contributed by atoms with Crippen LogP contribution in [0.2, 0.25) is 0 Å². The Morgan fingerprint density at radius 3 is 2.88 bits per heavy atom. The van der Waals surface area contributed by atoms with Crippen LogP contribution in [0.4, 0.5) is 10.1 Å². The van der Waals surface area contributed by atoms with Crippen molar-refractivity contribution in [3.05, 3.63) is 30.1 Å². The van der Waals surface area contributed by atoms with Gasteiger partial charge in [0.2, 0.25) is 0 Å². The van der Waals surface area contributed by atoms with Gasteiger partial charge in [-0.3, -0.25) is 4.90 Å². The minimum Gasteiger partial charge on any atom is -0.364 e. The fourth-order valence-electron chi connectivity index (χ4n) is 3.21. The minimum atomic E-state index is -0.0919. The van der Waals surface area contributed by atoms with Gasteiger partial charge >= 0.3 is 0 Å². The molecule has 0 aliphatic carbocycles. The van der Waals surface area contributed by atoms with Gasteiger partial charge in [0.25, 0.3) is 0 Å². The van der Waals surface area contributed by atoms with Crippen molar-refractivity contribution in [1.82, 2.24) is 4.90 Å². The number of nitrogens with zero attached hydrogens (tertiary/aromatic N) is 2. The standard InChI is InChI=1S/C14H19FN2/c1-11-9-16-8-4-5-12(16)10-17(11)14-7-3-2-6-13(14)15/h2-3,6-7,11-12H,4-5,8-10H2,1H3. The van der Waals surface area contributed by atoms with E-state index in [0.29, 0.717) is 12.1 Å². The number of hydrogen-bond acceptors (Lipinski definition) is 2. The summed E-state index contributed by atoms with van der Waals surface area (Å²) in [5, 5.41) is 0. The second kappa shape index (κ2) is 4.30. The lowest BCUT2D eigenvalue weighted by molar-refractivity contribution is 0.202. The molecule has 0 radical (unpaired) electrons. The van der Waals surface area contributed by atoms with Crippen molar-refractivity contribution in [3.8, 4) is 0 Å². The second-order valence-electron chi connectivity index (χ2n) is 5.24. The van der Waals surface area contributed by atoms with E-state index in [2.05, 4.69) is 16.7 Å². The van der Waals surface area contributed by atoms with E-state index in [1.165, 1.54) is 19.4 Å². The molecule has 2 unspecified atom stereocenters. The van der Waals surface area contributed by atoms with E-state index in [1.54, 1.807) is 12.1 Å². The Balaban J connectivity index is 1.85. The lowest BCUT2D eigenvalue weighted by Gasteiger charge is -2.43. The highest BCUT2D eigenvalue weighted by molar-refractivity contribution is 5.49.